The number of benzene rings is 2. The van der Waals surface area contributed by atoms with E-state index in [1.54, 1.807) is 24.3 Å². The molecular formula is C25H25F3N2O3. The molecule has 0 N–H and O–H groups in total. The Hall–Kier alpha value is -3.29. The van der Waals surface area contributed by atoms with Crippen LogP contribution in [-0.4, -0.2) is 36.9 Å². The van der Waals surface area contributed by atoms with Gasteiger partial charge in [-0.2, -0.15) is 13.2 Å². The number of imide groups is 1. The maximum Gasteiger partial charge on any atom is 0.416 e. The Bertz CT molecular complexity index is 1100. The van der Waals surface area contributed by atoms with Gasteiger partial charge in [0.05, 0.1) is 23.9 Å². The van der Waals surface area contributed by atoms with Gasteiger partial charge in [0.1, 0.15) is 11.4 Å². The van der Waals surface area contributed by atoms with Gasteiger partial charge >= 0.3 is 6.18 Å². The van der Waals surface area contributed by atoms with Crippen molar-refractivity contribution in [3.8, 4) is 5.75 Å². The molecule has 1 saturated heterocycles. The predicted molar refractivity (Wildman–Crippen MR) is 118 cm³/mol. The third kappa shape index (κ3) is 4.21. The Morgan fingerprint density at radius 2 is 1.52 bits per heavy atom. The average molecular weight is 458 g/mol. The summed E-state index contributed by atoms with van der Waals surface area (Å²) in [7, 11) is 1.49. The van der Waals surface area contributed by atoms with E-state index < -0.39 is 23.6 Å². The zero-order valence-corrected chi connectivity index (χ0v) is 18.6. The van der Waals surface area contributed by atoms with E-state index in [0.717, 1.165) is 35.6 Å². The van der Waals surface area contributed by atoms with Crippen LogP contribution in [0.3, 0.4) is 0 Å². The topological polar surface area (TPSA) is 49.9 Å². The lowest BCUT2D eigenvalue weighted by Gasteiger charge is -2.37. The van der Waals surface area contributed by atoms with E-state index in [2.05, 4.69) is 13.8 Å². The van der Waals surface area contributed by atoms with Crippen LogP contribution in [0.4, 0.5) is 18.9 Å². The fraction of sp³-hybridized carbons (Fsp3) is 0.360. The molecule has 2 atom stereocenters. The van der Waals surface area contributed by atoms with Crippen molar-refractivity contribution < 1.29 is 27.5 Å². The number of halogens is 3. The molecule has 0 aromatic heterocycles. The summed E-state index contributed by atoms with van der Waals surface area (Å²) in [5.41, 5.74) is 0.204. The summed E-state index contributed by atoms with van der Waals surface area (Å²) in [6, 6.07) is 11.0. The van der Waals surface area contributed by atoms with E-state index in [1.165, 1.54) is 7.11 Å². The maximum atomic E-state index is 13.6. The molecule has 33 heavy (non-hydrogen) atoms. The third-order valence-electron chi connectivity index (χ3n) is 6.07. The van der Waals surface area contributed by atoms with E-state index in [-0.39, 0.29) is 17.0 Å². The van der Waals surface area contributed by atoms with Crippen LogP contribution < -0.4 is 9.64 Å². The third-order valence-corrected chi connectivity index (χ3v) is 6.07. The van der Waals surface area contributed by atoms with E-state index in [0.29, 0.717) is 36.2 Å². The Labute approximate surface area is 190 Å². The fourth-order valence-corrected chi connectivity index (χ4v) is 4.78. The highest BCUT2D eigenvalue weighted by atomic mass is 19.4. The van der Waals surface area contributed by atoms with Crippen LogP contribution in [0, 0.1) is 11.8 Å². The zero-order valence-electron chi connectivity index (χ0n) is 18.6. The lowest BCUT2D eigenvalue weighted by molar-refractivity contribution is -0.137. The predicted octanol–water partition coefficient (Wildman–Crippen LogP) is 4.98. The molecule has 2 aromatic rings. The molecule has 4 rings (SSSR count). The Kier molecular flexibility index (Phi) is 5.95. The second-order valence-corrected chi connectivity index (χ2v) is 8.77. The van der Waals surface area contributed by atoms with Gasteiger partial charge in [0, 0.05) is 18.7 Å². The Morgan fingerprint density at radius 1 is 0.909 bits per heavy atom. The van der Waals surface area contributed by atoms with Crippen LogP contribution in [-0.2, 0) is 15.8 Å². The average Bonchev–Trinajstić information content (AvgIpc) is 3.02. The number of carbonyl (C=O) groups excluding carboxylic acids is 2. The minimum Gasteiger partial charge on any atom is -0.496 e. The molecule has 2 amide bonds. The molecule has 0 radical (unpaired) electrons. The van der Waals surface area contributed by atoms with Crippen molar-refractivity contribution in [2.75, 3.05) is 25.1 Å². The number of likely N-dealkylation sites (tertiary alicyclic amines) is 1. The number of anilines is 1. The molecule has 2 aromatic carbocycles. The van der Waals surface area contributed by atoms with Crippen molar-refractivity contribution in [3.05, 3.63) is 65.4 Å². The van der Waals surface area contributed by atoms with Crippen molar-refractivity contribution in [1.29, 1.82) is 0 Å². The molecule has 2 aliphatic heterocycles. The molecule has 2 unspecified atom stereocenters. The van der Waals surface area contributed by atoms with Crippen molar-refractivity contribution in [2.24, 2.45) is 11.8 Å². The molecule has 0 bridgehead atoms. The number of amides is 2. The van der Waals surface area contributed by atoms with Gasteiger partial charge in [-0.15, -0.1) is 0 Å². The van der Waals surface area contributed by atoms with Gasteiger partial charge in [-0.3, -0.25) is 9.59 Å². The van der Waals surface area contributed by atoms with E-state index >= 15 is 0 Å². The standard InChI is InChI=1S/C25H25F3N2O3/c1-15-12-16(2)14-29(13-15)22-21(19-6-4-5-7-20(19)33-3)23(31)30(24(22)32)18-10-8-17(9-11-18)25(26,27)28/h4-11,15-16H,12-14H2,1-3H3. The number of methoxy groups -OCH3 is 1. The highest BCUT2D eigenvalue weighted by Gasteiger charge is 2.44. The molecule has 5 nitrogen and oxygen atoms in total. The lowest BCUT2D eigenvalue weighted by Crippen LogP contribution is -2.42. The number of piperidine rings is 1. The van der Waals surface area contributed by atoms with Gasteiger partial charge in [0.25, 0.3) is 11.8 Å². The van der Waals surface area contributed by atoms with Crippen LogP contribution in [0.25, 0.3) is 5.57 Å². The first-order chi connectivity index (χ1) is 15.6. The smallest absolute Gasteiger partial charge is 0.416 e. The first-order valence-corrected chi connectivity index (χ1v) is 10.8. The first kappa shape index (κ1) is 22.9. The highest BCUT2D eigenvalue weighted by Crippen LogP contribution is 2.40. The van der Waals surface area contributed by atoms with Crippen molar-refractivity contribution in [1.82, 2.24) is 4.90 Å². The molecule has 2 aliphatic rings. The number of hydrogen-bond donors (Lipinski definition) is 0. The monoisotopic (exact) mass is 458 g/mol. The van der Waals surface area contributed by atoms with E-state index in [1.807, 2.05) is 4.90 Å². The van der Waals surface area contributed by atoms with Crippen LogP contribution >= 0.6 is 0 Å². The van der Waals surface area contributed by atoms with Crippen molar-refractivity contribution in [3.63, 3.8) is 0 Å². The summed E-state index contributed by atoms with van der Waals surface area (Å²) in [6.07, 6.45) is -3.50. The van der Waals surface area contributed by atoms with Gasteiger partial charge < -0.3 is 9.64 Å². The maximum absolute atomic E-state index is 13.6. The molecule has 0 spiro atoms. The molecule has 8 heteroatoms. The summed E-state index contributed by atoms with van der Waals surface area (Å²) >= 11 is 0. The van der Waals surface area contributed by atoms with Crippen LogP contribution in [0.2, 0.25) is 0 Å². The normalized spacial score (nSPS) is 21.8. The van der Waals surface area contributed by atoms with Gasteiger partial charge in [0.2, 0.25) is 0 Å². The zero-order chi connectivity index (χ0) is 23.9. The minimum absolute atomic E-state index is 0.0958. The highest BCUT2D eigenvalue weighted by molar-refractivity contribution is 6.45. The summed E-state index contributed by atoms with van der Waals surface area (Å²) < 4.78 is 44.5. The lowest BCUT2D eigenvalue weighted by atomic mass is 9.91. The van der Waals surface area contributed by atoms with Crippen molar-refractivity contribution >= 4 is 23.1 Å². The van der Waals surface area contributed by atoms with Gasteiger partial charge in [0.15, 0.2) is 0 Å². The SMILES string of the molecule is COc1ccccc1C1=C(N2CC(C)CC(C)C2)C(=O)N(c2ccc(C(F)(F)F)cc2)C1=O. The summed E-state index contributed by atoms with van der Waals surface area (Å²) in [5.74, 6) is -0.0305. The number of alkyl halides is 3. The number of hydrogen-bond acceptors (Lipinski definition) is 4. The number of para-hydroxylation sites is 1. The Morgan fingerprint density at radius 3 is 2.09 bits per heavy atom. The molecule has 174 valence electrons. The quantitative estimate of drug-likeness (QED) is 0.607. The van der Waals surface area contributed by atoms with Crippen LogP contribution in [0.1, 0.15) is 31.4 Å². The second-order valence-electron chi connectivity index (χ2n) is 8.77. The second kappa shape index (κ2) is 8.57. The summed E-state index contributed by atoms with van der Waals surface area (Å²) in [6.45, 7) is 5.41. The van der Waals surface area contributed by atoms with Crippen LogP contribution in [0.5, 0.6) is 5.75 Å². The van der Waals surface area contributed by atoms with Crippen molar-refractivity contribution in [2.45, 2.75) is 26.4 Å². The van der Waals surface area contributed by atoms with Gasteiger partial charge in [-0.05, 0) is 48.6 Å². The first-order valence-electron chi connectivity index (χ1n) is 10.8. The number of carbonyl (C=O) groups is 2. The summed E-state index contributed by atoms with van der Waals surface area (Å²) in [5, 5.41) is 0. The molecule has 1 fully saturated rings. The fourth-order valence-electron chi connectivity index (χ4n) is 4.78. The number of nitrogens with zero attached hydrogens (tertiary/aromatic N) is 2. The minimum atomic E-state index is -4.51. The summed E-state index contributed by atoms with van der Waals surface area (Å²) in [4.78, 5) is 30.2. The number of rotatable bonds is 4. The van der Waals surface area contributed by atoms with Gasteiger partial charge in [-0.1, -0.05) is 32.0 Å². The molecular weight excluding hydrogens is 433 g/mol. The van der Waals surface area contributed by atoms with E-state index in [9.17, 15) is 22.8 Å². The molecule has 0 saturated carbocycles. The Balaban J connectivity index is 1.83. The van der Waals surface area contributed by atoms with E-state index in [4.69, 9.17) is 4.74 Å². The van der Waals surface area contributed by atoms with Crippen LogP contribution in [0.15, 0.2) is 54.2 Å². The largest absolute Gasteiger partial charge is 0.496 e. The molecule has 0 aliphatic carbocycles. The van der Waals surface area contributed by atoms with Gasteiger partial charge in [-0.25, -0.2) is 4.90 Å². The molecule has 2 heterocycles. The number of ether oxygens (including phenoxy) is 1.